The smallest absolute Gasteiger partial charge is 0.168 e. The highest BCUT2D eigenvalue weighted by Gasteiger charge is 2.21. The van der Waals surface area contributed by atoms with Gasteiger partial charge in [0.25, 0.3) is 0 Å². The molecule has 0 radical (unpaired) electrons. The van der Waals surface area contributed by atoms with E-state index in [4.69, 9.17) is 0 Å². The number of rotatable bonds is 2. The van der Waals surface area contributed by atoms with Gasteiger partial charge in [0, 0.05) is 10.9 Å². The summed E-state index contributed by atoms with van der Waals surface area (Å²) < 4.78 is 54.6. The molecule has 0 saturated heterocycles. The normalized spacial score (nSPS) is 11.0. The minimum absolute atomic E-state index is 0.166. The summed E-state index contributed by atoms with van der Waals surface area (Å²) in [5.41, 5.74) is -0.963. The topological polar surface area (TPSA) is 32.9 Å². The van der Waals surface area contributed by atoms with Gasteiger partial charge in [0.1, 0.15) is 11.6 Å². The Hall–Kier alpha value is -2.63. The minimum Gasteiger partial charge on any atom is -0.351 e. The van der Waals surface area contributed by atoms with Crippen molar-refractivity contribution < 1.29 is 22.4 Å². The number of carbonyl (C=O) groups excluding carboxylic acids is 1. The van der Waals surface area contributed by atoms with Crippen LogP contribution in [0.15, 0.2) is 30.3 Å². The van der Waals surface area contributed by atoms with Gasteiger partial charge in [-0.25, -0.2) is 17.6 Å². The molecule has 3 rings (SSSR count). The zero-order chi connectivity index (χ0) is 15.1. The summed E-state index contributed by atoms with van der Waals surface area (Å²) in [5, 5.41) is -0.288. The molecule has 1 heterocycles. The summed E-state index contributed by atoms with van der Waals surface area (Å²) in [7, 11) is 0. The summed E-state index contributed by atoms with van der Waals surface area (Å²) in [4.78, 5) is 13.7. The van der Waals surface area contributed by atoms with Crippen LogP contribution in [0.1, 0.15) is 10.4 Å². The Morgan fingerprint density at radius 1 is 0.905 bits per heavy atom. The second-order valence-electron chi connectivity index (χ2n) is 4.41. The van der Waals surface area contributed by atoms with Crippen LogP contribution >= 0.6 is 0 Å². The van der Waals surface area contributed by atoms with E-state index in [9.17, 15) is 22.4 Å². The van der Waals surface area contributed by atoms with Crippen LogP contribution in [-0.4, -0.2) is 11.3 Å². The van der Waals surface area contributed by atoms with Gasteiger partial charge in [-0.2, -0.15) is 0 Å². The van der Waals surface area contributed by atoms with E-state index in [1.54, 1.807) is 0 Å². The third kappa shape index (κ3) is 1.91. The number of aromatic nitrogens is 1. The molecule has 21 heavy (non-hydrogen) atoms. The summed E-state index contributed by atoms with van der Waals surface area (Å²) in [6.45, 7) is 0. The second-order valence-corrected chi connectivity index (χ2v) is 4.41. The molecule has 0 saturated carbocycles. The monoisotopic (exact) mass is 293 g/mol. The fourth-order valence-corrected chi connectivity index (χ4v) is 2.28. The van der Waals surface area contributed by atoms with E-state index in [-0.39, 0.29) is 34.0 Å². The number of fused-ring (bicyclic) bond motifs is 1. The standard InChI is InChI=1S/C15H7F4NO/c16-9-4-5-11(18)15-12(9)8(6-21)14(20-15)7-2-1-3-10(17)13(7)19/h1-6,20H. The van der Waals surface area contributed by atoms with Crippen molar-refractivity contribution in [3.63, 3.8) is 0 Å². The van der Waals surface area contributed by atoms with Gasteiger partial charge >= 0.3 is 0 Å². The molecule has 3 aromatic rings. The van der Waals surface area contributed by atoms with Crippen molar-refractivity contribution in [2.45, 2.75) is 0 Å². The van der Waals surface area contributed by atoms with Gasteiger partial charge in [0.15, 0.2) is 17.9 Å². The van der Waals surface area contributed by atoms with Gasteiger partial charge in [0.05, 0.1) is 16.8 Å². The fourth-order valence-electron chi connectivity index (χ4n) is 2.28. The van der Waals surface area contributed by atoms with Crippen molar-refractivity contribution in [3.8, 4) is 11.3 Å². The van der Waals surface area contributed by atoms with Crippen LogP contribution in [0.2, 0.25) is 0 Å². The predicted molar refractivity (Wildman–Crippen MR) is 69.0 cm³/mol. The molecule has 6 heteroatoms. The maximum absolute atomic E-state index is 13.8. The molecule has 2 nitrogen and oxygen atoms in total. The van der Waals surface area contributed by atoms with E-state index in [1.165, 1.54) is 12.1 Å². The molecular formula is C15H7F4NO. The first-order valence-corrected chi connectivity index (χ1v) is 5.94. The Labute approximate surface area is 116 Å². The molecule has 2 aromatic carbocycles. The van der Waals surface area contributed by atoms with E-state index in [2.05, 4.69) is 4.98 Å². The first kappa shape index (κ1) is 13.4. The molecule has 1 N–H and O–H groups in total. The first-order valence-electron chi connectivity index (χ1n) is 5.94. The Balaban J connectivity index is 2.44. The predicted octanol–water partition coefficient (Wildman–Crippen LogP) is 4.20. The summed E-state index contributed by atoms with van der Waals surface area (Å²) >= 11 is 0. The summed E-state index contributed by atoms with van der Waals surface area (Å²) in [6, 6.07) is 5.11. The Morgan fingerprint density at radius 3 is 2.33 bits per heavy atom. The van der Waals surface area contributed by atoms with Crippen molar-refractivity contribution in [2.75, 3.05) is 0 Å². The molecule has 106 valence electrons. The van der Waals surface area contributed by atoms with Gasteiger partial charge in [-0.3, -0.25) is 4.79 Å². The maximum atomic E-state index is 13.8. The third-order valence-corrected chi connectivity index (χ3v) is 3.23. The van der Waals surface area contributed by atoms with Crippen molar-refractivity contribution in [3.05, 3.63) is 59.2 Å². The molecule has 0 amide bonds. The SMILES string of the molecule is O=Cc1c(-c2cccc(F)c2F)[nH]c2c(F)ccc(F)c12. The van der Waals surface area contributed by atoms with Crippen LogP contribution in [0.4, 0.5) is 17.6 Å². The molecular weight excluding hydrogens is 286 g/mol. The Bertz CT molecular complexity index is 870. The van der Waals surface area contributed by atoms with E-state index in [1.807, 2.05) is 0 Å². The number of hydrogen-bond donors (Lipinski definition) is 1. The van der Waals surface area contributed by atoms with E-state index >= 15 is 0 Å². The Morgan fingerprint density at radius 2 is 1.62 bits per heavy atom. The molecule has 0 aliphatic heterocycles. The van der Waals surface area contributed by atoms with Gasteiger partial charge < -0.3 is 4.98 Å². The van der Waals surface area contributed by atoms with E-state index in [0.29, 0.717) is 0 Å². The summed E-state index contributed by atoms with van der Waals surface area (Å²) in [6.07, 6.45) is 0.279. The van der Waals surface area contributed by atoms with Gasteiger partial charge in [0.2, 0.25) is 0 Å². The number of aldehydes is 1. The van der Waals surface area contributed by atoms with Crippen LogP contribution in [0.3, 0.4) is 0 Å². The highest BCUT2D eigenvalue weighted by atomic mass is 19.2. The number of carbonyl (C=O) groups is 1. The molecule has 0 bridgehead atoms. The maximum Gasteiger partial charge on any atom is 0.168 e. The lowest BCUT2D eigenvalue weighted by atomic mass is 10.1. The van der Waals surface area contributed by atoms with Crippen molar-refractivity contribution >= 4 is 17.2 Å². The molecule has 0 atom stereocenters. The zero-order valence-electron chi connectivity index (χ0n) is 10.4. The Kier molecular flexibility index (Phi) is 3.01. The van der Waals surface area contributed by atoms with Crippen LogP contribution in [-0.2, 0) is 0 Å². The van der Waals surface area contributed by atoms with Crippen LogP contribution in [0.5, 0.6) is 0 Å². The van der Waals surface area contributed by atoms with Crippen LogP contribution in [0.25, 0.3) is 22.2 Å². The van der Waals surface area contributed by atoms with Gasteiger partial charge in [-0.15, -0.1) is 0 Å². The number of halogens is 4. The number of hydrogen-bond acceptors (Lipinski definition) is 1. The van der Waals surface area contributed by atoms with Gasteiger partial charge in [-0.05, 0) is 24.3 Å². The zero-order valence-corrected chi connectivity index (χ0v) is 10.4. The van der Waals surface area contributed by atoms with E-state index in [0.717, 1.165) is 18.2 Å². The largest absolute Gasteiger partial charge is 0.351 e. The fraction of sp³-hybridized carbons (Fsp3) is 0. The lowest BCUT2D eigenvalue weighted by molar-refractivity contribution is 0.112. The van der Waals surface area contributed by atoms with Crippen LogP contribution < -0.4 is 0 Å². The quantitative estimate of drug-likeness (QED) is 0.557. The lowest BCUT2D eigenvalue weighted by Gasteiger charge is -2.02. The lowest BCUT2D eigenvalue weighted by Crippen LogP contribution is -1.92. The average Bonchev–Trinajstić information content (AvgIpc) is 2.86. The highest BCUT2D eigenvalue weighted by molar-refractivity contribution is 6.04. The number of H-pyrrole nitrogens is 1. The van der Waals surface area contributed by atoms with Crippen molar-refractivity contribution in [1.82, 2.24) is 4.98 Å². The van der Waals surface area contributed by atoms with Crippen molar-refractivity contribution in [1.29, 1.82) is 0 Å². The molecule has 0 aliphatic carbocycles. The van der Waals surface area contributed by atoms with Crippen LogP contribution in [0, 0.1) is 23.3 Å². The first-order chi connectivity index (χ1) is 10.0. The average molecular weight is 293 g/mol. The molecule has 0 fully saturated rings. The molecule has 0 spiro atoms. The second kappa shape index (κ2) is 4.73. The molecule has 0 unspecified atom stereocenters. The summed E-state index contributed by atoms with van der Waals surface area (Å²) in [5.74, 6) is -3.94. The minimum atomic E-state index is -1.20. The molecule has 0 aliphatic rings. The van der Waals surface area contributed by atoms with Crippen molar-refractivity contribution in [2.24, 2.45) is 0 Å². The number of benzene rings is 2. The number of nitrogens with one attached hydrogen (secondary N) is 1. The molecule has 1 aromatic heterocycles. The van der Waals surface area contributed by atoms with E-state index < -0.39 is 23.3 Å². The number of aromatic amines is 1. The van der Waals surface area contributed by atoms with Gasteiger partial charge in [-0.1, -0.05) is 6.07 Å². The third-order valence-electron chi connectivity index (χ3n) is 3.23. The highest BCUT2D eigenvalue weighted by Crippen LogP contribution is 2.33.